The molecule has 0 spiro atoms. The normalized spacial score (nSPS) is 12.5. The zero-order valence-corrected chi connectivity index (χ0v) is 35.5. The van der Waals surface area contributed by atoms with Crippen molar-refractivity contribution < 1.29 is 31.7 Å². The van der Waals surface area contributed by atoms with E-state index in [4.69, 9.17) is 13.7 Å². The summed E-state index contributed by atoms with van der Waals surface area (Å²) in [6, 6.07) is 6.34. The minimum atomic E-state index is -4.07. The summed E-state index contributed by atoms with van der Waals surface area (Å²) < 4.78 is 41.9. The van der Waals surface area contributed by atoms with Gasteiger partial charge in [0, 0.05) is 12.8 Å². The minimum absolute atomic E-state index is 0.0210. The van der Waals surface area contributed by atoms with Gasteiger partial charge in [0.05, 0.1) is 4.90 Å². The lowest BCUT2D eigenvalue weighted by Gasteiger charge is -2.18. The molecule has 0 N–H and O–H groups in total. The number of aryl methyl sites for hydroxylation is 1. The van der Waals surface area contributed by atoms with Crippen LogP contribution in [0.1, 0.15) is 199 Å². The van der Waals surface area contributed by atoms with Gasteiger partial charge in [0.2, 0.25) is 0 Å². The quantitative estimate of drug-likeness (QED) is 0.0287. The highest BCUT2D eigenvalue weighted by molar-refractivity contribution is 7.86. The molecule has 0 fully saturated rings. The van der Waals surface area contributed by atoms with E-state index in [1.807, 2.05) is 6.92 Å². The van der Waals surface area contributed by atoms with Crippen molar-refractivity contribution >= 4 is 22.1 Å². The molecule has 0 aliphatic heterocycles. The molecule has 0 radical (unpaired) electrons. The fraction of sp³-hybridized carbons (Fsp3) is 0.739. The van der Waals surface area contributed by atoms with Crippen molar-refractivity contribution in [1.29, 1.82) is 0 Å². The van der Waals surface area contributed by atoms with Gasteiger partial charge in [0.15, 0.2) is 6.10 Å². The monoisotopic (exact) mass is 775 g/mol. The molecule has 0 heterocycles. The molecule has 1 aromatic carbocycles. The highest BCUT2D eigenvalue weighted by atomic mass is 32.2. The first-order valence-corrected chi connectivity index (χ1v) is 23.3. The second kappa shape index (κ2) is 35.0. The van der Waals surface area contributed by atoms with E-state index in [1.165, 1.54) is 102 Å². The molecule has 0 saturated carbocycles. The first-order valence-electron chi connectivity index (χ1n) is 21.9. The molecule has 0 bridgehead atoms. The molecular weight excluding hydrogens is 697 g/mol. The molecule has 1 aromatic rings. The first-order chi connectivity index (χ1) is 26.3. The van der Waals surface area contributed by atoms with Crippen molar-refractivity contribution in [2.75, 3.05) is 13.2 Å². The molecule has 0 saturated heterocycles. The zero-order chi connectivity index (χ0) is 39.4. The minimum Gasteiger partial charge on any atom is -0.462 e. The second-order valence-electron chi connectivity index (χ2n) is 15.0. The van der Waals surface area contributed by atoms with Gasteiger partial charge in [0.1, 0.15) is 13.2 Å². The summed E-state index contributed by atoms with van der Waals surface area (Å²) in [7, 11) is -4.07. The molecule has 1 unspecified atom stereocenters. The molecule has 0 aliphatic carbocycles. The van der Waals surface area contributed by atoms with Crippen molar-refractivity contribution in [3.05, 3.63) is 54.1 Å². The standard InChI is InChI=1S/C46H78O7S/c1-4-6-8-10-12-14-16-18-20-22-24-26-28-30-32-34-45(47)51-40-43(41-52-54(49,50)44-38-36-42(3)37-39-44)53-46(48)35-33-31-29-27-25-23-21-19-17-15-13-11-9-7-5-2/h18-21,36-39,43H,4-17,22-35,40-41H2,1-3H3/b20-18-,21-19-. The van der Waals surface area contributed by atoms with Crippen LogP contribution in [-0.2, 0) is 33.4 Å². The maximum atomic E-state index is 12.8. The van der Waals surface area contributed by atoms with Crippen molar-refractivity contribution in [1.82, 2.24) is 0 Å². The van der Waals surface area contributed by atoms with Crippen LogP contribution < -0.4 is 0 Å². The Bertz CT molecular complexity index is 1210. The number of unbranched alkanes of at least 4 members (excludes halogenated alkanes) is 22. The third-order valence-corrected chi connectivity index (χ3v) is 11.0. The molecule has 7 nitrogen and oxygen atoms in total. The fourth-order valence-electron chi connectivity index (χ4n) is 6.24. The van der Waals surface area contributed by atoms with Gasteiger partial charge in [-0.15, -0.1) is 0 Å². The van der Waals surface area contributed by atoms with E-state index in [-0.39, 0.29) is 30.3 Å². The number of carbonyl (C=O) groups excluding carboxylic acids is 2. The van der Waals surface area contributed by atoms with E-state index < -0.39 is 28.8 Å². The third-order valence-electron chi connectivity index (χ3n) is 9.73. The van der Waals surface area contributed by atoms with Crippen LogP contribution >= 0.6 is 0 Å². The third kappa shape index (κ3) is 29.9. The Kier molecular flexibility index (Phi) is 32.1. The van der Waals surface area contributed by atoms with Crippen LogP contribution in [-0.4, -0.2) is 39.7 Å². The Hall–Kier alpha value is -2.45. The highest BCUT2D eigenvalue weighted by Gasteiger charge is 2.23. The average molecular weight is 775 g/mol. The largest absolute Gasteiger partial charge is 0.462 e. The van der Waals surface area contributed by atoms with E-state index in [0.717, 1.165) is 76.2 Å². The molecule has 1 rings (SSSR count). The second-order valence-corrected chi connectivity index (χ2v) is 16.6. The van der Waals surface area contributed by atoms with E-state index in [1.54, 1.807) is 12.1 Å². The number of hydrogen-bond donors (Lipinski definition) is 0. The van der Waals surface area contributed by atoms with Crippen molar-refractivity contribution in [3.63, 3.8) is 0 Å². The number of esters is 2. The van der Waals surface area contributed by atoms with E-state index >= 15 is 0 Å². The fourth-order valence-corrected chi connectivity index (χ4v) is 7.17. The highest BCUT2D eigenvalue weighted by Crippen LogP contribution is 2.16. The van der Waals surface area contributed by atoms with Crippen LogP contribution in [0.25, 0.3) is 0 Å². The topological polar surface area (TPSA) is 96.0 Å². The molecule has 0 aromatic heterocycles. The lowest BCUT2D eigenvalue weighted by atomic mass is 10.1. The maximum Gasteiger partial charge on any atom is 0.306 e. The number of ether oxygens (including phenoxy) is 2. The molecule has 1 atom stereocenters. The zero-order valence-electron chi connectivity index (χ0n) is 34.7. The van der Waals surface area contributed by atoms with Gasteiger partial charge in [-0.25, -0.2) is 0 Å². The Labute approximate surface area is 331 Å². The van der Waals surface area contributed by atoms with Crippen LogP contribution in [0.5, 0.6) is 0 Å². The number of allylic oxidation sites excluding steroid dienone is 4. The maximum absolute atomic E-state index is 12.8. The van der Waals surface area contributed by atoms with Crippen LogP contribution in [0.3, 0.4) is 0 Å². The van der Waals surface area contributed by atoms with Crippen molar-refractivity contribution in [3.8, 4) is 0 Å². The lowest BCUT2D eigenvalue weighted by molar-refractivity contribution is -0.161. The number of hydrogen-bond acceptors (Lipinski definition) is 7. The van der Waals surface area contributed by atoms with Crippen LogP contribution in [0.15, 0.2) is 53.5 Å². The average Bonchev–Trinajstić information content (AvgIpc) is 3.16. The van der Waals surface area contributed by atoms with Gasteiger partial charge in [-0.3, -0.25) is 13.8 Å². The number of carbonyl (C=O) groups is 2. The molecule has 0 aliphatic rings. The molecule has 310 valence electrons. The smallest absolute Gasteiger partial charge is 0.306 e. The summed E-state index contributed by atoms with van der Waals surface area (Å²) in [5.74, 6) is -0.824. The van der Waals surface area contributed by atoms with E-state index in [9.17, 15) is 18.0 Å². The van der Waals surface area contributed by atoms with Gasteiger partial charge in [-0.2, -0.15) is 8.42 Å². The summed E-state index contributed by atoms with van der Waals surface area (Å²) in [5, 5.41) is 0. The van der Waals surface area contributed by atoms with Crippen molar-refractivity contribution in [2.24, 2.45) is 0 Å². The summed E-state index contributed by atoms with van der Waals surface area (Å²) in [5.41, 5.74) is 0.926. The van der Waals surface area contributed by atoms with Crippen molar-refractivity contribution in [2.45, 2.75) is 212 Å². The predicted molar refractivity (Wildman–Crippen MR) is 224 cm³/mol. The summed E-state index contributed by atoms with van der Waals surface area (Å²) in [6.07, 6.45) is 39.2. The summed E-state index contributed by atoms with van der Waals surface area (Å²) in [4.78, 5) is 25.2. The Morgan fingerprint density at radius 2 is 0.926 bits per heavy atom. The lowest BCUT2D eigenvalue weighted by Crippen LogP contribution is -2.31. The van der Waals surface area contributed by atoms with Gasteiger partial charge in [-0.05, 0) is 83.3 Å². The summed E-state index contributed by atoms with van der Waals surface area (Å²) >= 11 is 0. The van der Waals surface area contributed by atoms with Gasteiger partial charge < -0.3 is 9.47 Å². The molecule has 8 heteroatoms. The SMILES string of the molecule is CCCCCCCC/C=C\CCCCCCCC(=O)OCC(COS(=O)(=O)c1ccc(C)cc1)OC(=O)CCCCCCC/C=C\CCCCCCCC. The predicted octanol–water partition coefficient (Wildman–Crippen LogP) is 13.2. The number of benzene rings is 1. The van der Waals surface area contributed by atoms with Crippen LogP contribution in [0.2, 0.25) is 0 Å². The first kappa shape index (κ1) is 49.6. The Morgan fingerprint density at radius 3 is 1.37 bits per heavy atom. The van der Waals surface area contributed by atoms with Crippen LogP contribution in [0.4, 0.5) is 0 Å². The van der Waals surface area contributed by atoms with Gasteiger partial charge in [0.25, 0.3) is 10.1 Å². The summed E-state index contributed by atoms with van der Waals surface area (Å²) in [6.45, 7) is 5.70. The molecule has 0 amide bonds. The van der Waals surface area contributed by atoms with E-state index in [0.29, 0.717) is 6.42 Å². The molecular formula is C46H78O7S. The Morgan fingerprint density at radius 1 is 0.537 bits per heavy atom. The van der Waals surface area contributed by atoms with E-state index in [2.05, 4.69) is 38.2 Å². The van der Waals surface area contributed by atoms with Gasteiger partial charge in [-0.1, -0.05) is 159 Å². The van der Waals surface area contributed by atoms with Crippen LogP contribution in [0, 0.1) is 6.92 Å². The number of rotatable bonds is 37. The molecule has 54 heavy (non-hydrogen) atoms. The Balaban J connectivity index is 2.33. The van der Waals surface area contributed by atoms with Gasteiger partial charge >= 0.3 is 11.9 Å².